The smallest absolute Gasteiger partial charge is 0.290 e. The van der Waals surface area contributed by atoms with Crippen LogP contribution in [-0.4, -0.2) is 38.0 Å². The van der Waals surface area contributed by atoms with Crippen molar-refractivity contribution in [1.29, 1.82) is 0 Å². The highest BCUT2D eigenvalue weighted by Gasteiger charge is 2.42. The lowest BCUT2D eigenvalue weighted by molar-refractivity contribution is -0.858. The van der Waals surface area contributed by atoms with Gasteiger partial charge in [-0.3, -0.25) is 9.59 Å². The predicted octanol–water partition coefficient (Wildman–Crippen LogP) is 2.64. The minimum Gasteiger partial charge on any atom is -0.450 e. The second-order valence-electron chi connectivity index (χ2n) is 7.44. The lowest BCUT2D eigenvalue weighted by Gasteiger charge is -2.25. The second-order valence-corrected chi connectivity index (χ2v) is 8.35. The summed E-state index contributed by atoms with van der Waals surface area (Å²) in [5, 5.41) is 0.487. The molecule has 6 heteroatoms. The van der Waals surface area contributed by atoms with Crippen LogP contribution < -0.4 is 10.3 Å². The zero-order valence-electron chi connectivity index (χ0n) is 15.9. The fraction of sp³-hybridized carbons (Fsp3) is 0.273. The number of carbonyl (C=O) groups is 1. The van der Waals surface area contributed by atoms with Crippen molar-refractivity contribution in [2.45, 2.75) is 12.5 Å². The van der Waals surface area contributed by atoms with E-state index in [1.807, 2.05) is 36.4 Å². The monoisotopic (exact) mass is 441 g/mol. The number of amides is 1. The van der Waals surface area contributed by atoms with Crippen LogP contribution in [0.1, 0.15) is 34.1 Å². The molecule has 0 saturated heterocycles. The maximum atomic E-state index is 13.4. The molecule has 1 amide bonds. The molecule has 1 aliphatic heterocycles. The summed E-state index contributed by atoms with van der Waals surface area (Å²) in [5.41, 5.74) is 1.67. The van der Waals surface area contributed by atoms with E-state index < -0.39 is 6.04 Å². The maximum absolute atomic E-state index is 13.4. The van der Waals surface area contributed by atoms with Gasteiger partial charge < -0.3 is 14.2 Å². The van der Waals surface area contributed by atoms with Crippen molar-refractivity contribution in [2.24, 2.45) is 0 Å². The highest BCUT2D eigenvalue weighted by atomic mass is 79.9. The minimum absolute atomic E-state index is 0.138. The Morgan fingerprint density at radius 2 is 1.86 bits per heavy atom. The summed E-state index contributed by atoms with van der Waals surface area (Å²) < 4.78 is 6.75. The number of halogens is 1. The summed E-state index contributed by atoms with van der Waals surface area (Å²) >= 11 is 3.42. The molecule has 0 fully saturated rings. The highest BCUT2D eigenvalue weighted by molar-refractivity contribution is 9.10. The van der Waals surface area contributed by atoms with Gasteiger partial charge in [-0.1, -0.05) is 46.3 Å². The summed E-state index contributed by atoms with van der Waals surface area (Å²) in [6.45, 7) is 1.52. The molecule has 5 nitrogen and oxygen atoms in total. The number of rotatable bonds is 5. The van der Waals surface area contributed by atoms with E-state index in [9.17, 15) is 9.59 Å². The average molecular weight is 442 g/mol. The summed E-state index contributed by atoms with van der Waals surface area (Å²) in [5.74, 6) is -0.0367. The fourth-order valence-electron chi connectivity index (χ4n) is 3.81. The molecule has 0 spiro atoms. The van der Waals surface area contributed by atoms with Gasteiger partial charge >= 0.3 is 0 Å². The number of hydrogen-bond acceptors (Lipinski definition) is 3. The molecular formula is C22H22BrN2O3+. The van der Waals surface area contributed by atoms with Crippen molar-refractivity contribution in [1.82, 2.24) is 4.90 Å². The van der Waals surface area contributed by atoms with Crippen LogP contribution in [0.4, 0.5) is 0 Å². The van der Waals surface area contributed by atoms with Crippen LogP contribution in [0.3, 0.4) is 0 Å². The van der Waals surface area contributed by atoms with Gasteiger partial charge in [0.25, 0.3) is 5.91 Å². The Kier molecular flexibility index (Phi) is 5.08. The van der Waals surface area contributed by atoms with Gasteiger partial charge in [0.1, 0.15) is 5.58 Å². The molecule has 2 aromatic carbocycles. The molecule has 0 unspecified atom stereocenters. The normalized spacial score (nSPS) is 16.2. The molecule has 1 atom stereocenters. The van der Waals surface area contributed by atoms with Crippen LogP contribution >= 0.6 is 15.9 Å². The van der Waals surface area contributed by atoms with Crippen molar-refractivity contribution in [3.05, 3.63) is 80.1 Å². The van der Waals surface area contributed by atoms with Crippen LogP contribution in [-0.2, 0) is 0 Å². The third-order valence-electron chi connectivity index (χ3n) is 5.12. The molecule has 144 valence electrons. The quantitative estimate of drug-likeness (QED) is 0.661. The number of benzene rings is 2. The number of quaternary nitrogens is 1. The zero-order chi connectivity index (χ0) is 19.8. The van der Waals surface area contributed by atoms with Gasteiger partial charge in [0.15, 0.2) is 5.43 Å². The van der Waals surface area contributed by atoms with Crippen LogP contribution in [0, 0.1) is 0 Å². The molecule has 0 saturated carbocycles. The molecule has 0 aliphatic carbocycles. The van der Waals surface area contributed by atoms with Crippen molar-refractivity contribution in [2.75, 3.05) is 27.2 Å². The maximum Gasteiger partial charge on any atom is 0.290 e. The molecule has 1 aromatic heterocycles. The van der Waals surface area contributed by atoms with Crippen LogP contribution in [0.15, 0.2) is 62.2 Å². The summed E-state index contributed by atoms with van der Waals surface area (Å²) in [7, 11) is 4.18. The van der Waals surface area contributed by atoms with Gasteiger partial charge in [-0.25, -0.2) is 0 Å². The molecular weight excluding hydrogens is 420 g/mol. The Labute approximate surface area is 171 Å². The van der Waals surface area contributed by atoms with Crippen LogP contribution in [0.5, 0.6) is 0 Å². The predicted molar refractivity (Wildman–Crippen MR) is 112 cm³/mol. The number of nitrogens with zero attached hydrogens (tertiary/aromatic N) is 1. The van der Waals surface area contributed by atoms with Gasteiger partial charge in [0.2, 0.25) is 5.76 Å². The molecule has 1 aliphatic rings. The summed E-state index contributed by atoms with van der Waals surface area (Å²) in [4.78, 5) is 29.7. The van der Waals surface area contributed by atoms with Crippen molar-refractivity contribution < 1.29 is 14.1 Å². The Morgan fingerprint density at radius 1 is 1.11 bits per heavy atom. The first-order chi connectivity index (χ1) is 13.5. The van der Waals surface area contributed by atoms with Gasteiger partial charge in [0.05, 0.1) is 37.6 Å². The fourth-order valence-corrected chi connectivity index (χ4v) is 4.17. The molecule has 3 aromatic rings. The number of fused-ring (bicyclic) bond motifs is 2. The number of hydrogen-bond donors (Lipinski definition) is 1. The van der Waals surface area contributed by atoms with E-state index in [1.54, 1.807) is 17.0 Å². The van der Waals surface area contributed by atoms with Crippen molar-refractivity contribution in [3.63, 3.8) is 0 Å². The first kappa shape index (κ1) is 18.9. The standard InChI is InChI=1S/C22H21BrN2O3/c1-24(2)11-6-12-25-19(14-7-4-3-5-8-14)18-20(26)16-13-15(23)9-10-17(16)28-21(18)22(25)27/h3-5,7-10,13,19H,6,11-12H2,1-2H3/p+1/t19-/m0/s1. The molecule has 2 heterocycles. The van der Waals surface area contributed by atoms with E-state index in [0.29, 0.717) is 23.1 Å². The second kappa shape index (κ2) is 7.53. The van der Waals surface area contributed by atoms with Crippen molar-refractivity contribution >= 4 is 32.8 Å². The third kappa shape index (κ3) is 3.27. The first-order valence-corrected chi connectivity index (χ1v) is 10.2. The summed E-state index contributed by atoms with van der Waals surface area (Å²) in [6.07, 6.45) is 0.852. The number of nitrogens with one attached hydrogen (secondary N) is 1. The van der Waals surface area contributed by atoms with E-state index in [-0.39, 0.29) is 17.1 Å². The lowest BCUT2D eigenvalue weighted by atomic mass is 9.98. The molecule has 0 bridgehead atoms. The zero-order valence-corrected chi connectivity index (χ0v) is 17.5. The average Bonchev–Trinajstić information content (AvgIpc) is 2.95. The molecule has 4 rings (SSSR count). The lowest BCUT2D eigenvalue weighted by Crippen LogP contribution is -3.05. The van der Waals surface area contributed by atoms with E-state index in [2.05, 4.69) is 30.0 Å². The number of carbonyl (C=O) groups excluding carboxylic acids is 1. The molecule has 1 N–H and O–H groups in total. The van der Waals surface area contributed by atoms with Gasteiger partial charge in [-0.05, 0) is 23.8 Å². The van der Waals surface area contributed by atoms with E-state index in [0.717, 1.165) is 23.0 Å². The SMILES string of the molecule is C[NH+](C)CCCN1C(=O)c2oc3ccc(Br)cc3c(=O)c2[C@@H]1c1ccccc1. The van der Waals surface area contributed by atoms with Gasteiger partial charge in [-0.2, -0.15) is 0 Å². The van der Waals surface area contributed by atoms with Crippen LogP contribution in [0.2, 0.25) is 0 Å². The Balaban J connectivity index is 1.88. The Morgan fingerprint density at radius 3 is 2.57 bits per heavy atom. The largest absolute Gasteiger partial charge is 0.450 e. The minimum atomic E-state index is -0.416. The highest BCUT2D eigenvalue weighted by Crippen LogP contribution is 2.38. The van der Waals surface area contributed by atoms with E-state index in [4.69, 9.17) is 4.42 Å². The van der Waals surface area contributed by atoms with E-state index >= 15 is 0 Å². The van der Waals surface area contributed by atoms with Gasteiger partial charge in [0, 0.05) is 17.4 Å². The molecule has 0 radical (unpaired) electrons. The first-order valence-electron chi connectivity index (χ1n) is 9.38. The van der Waals surface area contributed by atoms with E-state index in [1.165, 1.54) is 4.90 Å². The topological polar surface area (TPSA) is 55.0 Å². The third-order valence-corrected chi connectivity index (χ3v) is 5.61. The summed E-state index contributed by atoms with van der Waals surface area (Å²) in [6, 6.07) is 14.6. The van der Waals surface area contributed by atoms with Crippen LogP contribution in [0.25, 0.3) is 11.0 Å². The van der Waals surface area contributed by atoms with Gasteiger partial charge in [-0.15, -0.1) is 0 Å². The molecule has 28 heavy (non-hydrogen) atoms. The van der Waals surface area contributed by atoms with Crippen molar-refractivity contribution in [3.8, 4) is 0 Å². The Hall–Kier alpha value is -2.44. The Bertz CT molecular complexity index is 1090.